The summed E-state index contributed by atoms with van der Waals surface area (Å²) in [6.07, 6.45) is 1.71. The molecule has 2 aromatic rings. The maximum Gasteiger partial charge on any atom is 0.144 e. The van der Waals surface area contributed by atoms with Crippen LogP contribution in [0.5, 0.6) is 0 Å². The van der Waals surface area contributed by atoms with Crippen LogP contribution in [0.2, 0.25) is 0 Å². The molecule has 0 N–H and O–H groups in total. The van der Waals surface area contributed by atoms with Gasteiger partial charge in [0.25, 0.3) is 0 Å². The molecule has 2 aromatic heterocycles. The lowest BCUT2D eigenvalue weighted by Crippen LogP contribution is -1.83. The van der Waals surface area contributed by atoms with Gasteiger partial charge in [0.15, 0.2) is 0 Å². The van der Waals surface area contributed by atoms with Gasteiger partial charge in [-0.3, -0.25) is 4.98 Å². The molecule has 3 heteroatoms. The molecule has 0 radical (unpaired) electrons. The molecule has 0 amide bonds. The van der Waals surface area contributed by atoms with Crippen LogP contribution in [0, 0.1) is 19.7 Å². The van der Waals surface area contributed by atoms with Gasteiger partial charge < -0.3 is 0 Å². The van der Waals surface area contributed by atoms with Crippen LogP contribution in [0.3, 0.4) is 0 Å². The van der Waals surface area contributed by atoms with E-state index < -0.39 is 0 Å². The predicted octanol–water partition coefficient (Wildman–Crippen LogP) is 3.57. The van der Waals surface area contributed by atoms with Crippen LogP contribution >= 0.6 is 11.3 Å². The van der Waals surface area contributed by atoms with E-state index in [1.54, 1.807) is 13.1 Å². The summed E-state index contributed by atoms with van der Waals surface area (Å²) in [6.45, 7) is 3.69. The van der Waals surface area contributed by atoms with Crippen molar-refractivity contribution in [1.29, 1.82) is 0 Å². The van der Waals surface area contributed by atoms with Crippen molar-refractivity contribution in [3.8, 4) is 11.1 Å². The van der Waals surface area contributed by atoms with Crippen LogP contribution < -0.4 is 0 Å². The van der Waals surface area contributed by atoms with Crippen LogP contribution in [-0.4, -0.2) is 4.98 Å². The van der Waals surface area contributed by atoms with Crippen LogP contribution in [0.1, 0.15) is 10.6 Å². The quantitative estimate of drug-likeness (QED) is 0.696. The summed E-state index contributed by atoms with van der Waals surface area (Å²) in [5.41, 5.74) is 2.49. The molecule has 0 saturated heterocycles. The summed E-state index contributed by atoms with van der Waals surface area (Å²) in [5, 5.41) is 1.85. The molecule has 2 rings (SSSR count). The molecule has 72 valence electrons. The van der Waals surface area contributed by atoms with E-state index in [1.807, 2.05) is 24.4 Å². The molecule has 0 bridgehead atoms. The highest BCUT2D eigenvalue weighted by Gasteiger charge is 2.09. The topological polar surface area (TPSA) is 12.9 Å². The molecule has 2 heterocycles. The third-order valence-corrected chi connectivity index (χ3v) is 2.99. The summed E-state index contributed by atoms with van der Waals surface area (Å²) in [4.78, 5) is 4.81. The number of rotatable bonds is 1. The van der Waals surface area contributed by atoms with Crippen molar-refractivity contribution in [2.75, 3.05) is 0 Å². The Morgan fingerprint density at radius 2 is 2.14 bits per heavy atom. The number of aryl methyl sites for hydroxylation is 2. The average Bonchev–Trinajstić information content (AvgIpc) is 2.48. The molecule has 0 aliphatic carbocycles. The molecule has 0 unspecified atom stereocenters. The summed E-state index contributed by atoms with van der Waals surface area (Å²) >= 11 is 1.44. The Kier molecular flexibility index (Phi) is 2.33. The molecule has 0 spiro atoms. The molecule has 0 aliphatic rings. The standard InChI is InChI=1S/C11H10FNS/c1-7-5-9(3-4-13-7)10-6-14-8(2)11(10)12/h3-6H,1-2H3. The van der Waals surface area contributed by atoms with Crippen molar-refractivity contribution in [3.05, 3.63) is 40.1 Å². The number of pyridine rings is 1. The summed E-state index contributed by atoms with van der Waals surface area (Å²) in [7, 11) is 0. The van der Waals surface area contributed by atoms with Gasteiger partial charge in [-0.25, -0.2) is 4.39 Å². The van der Waals surface area contributed by atoms with Gasteiger partial charge in [0, 0.05) is 27.7 Å². The van der Waals surface area contributed by atoms with E-state index in [1.165, 1.54) is 11.3 Å². The van der Waals surface area contributed by atoms with Crippen molar-refractivity contribution in [1.82, 2.24) is 4.98 Å². The monoisotopic (exact) mass is 207 g/mol. The molecule has 1 nitrogen and oxygen atoms in total. The second-order valence-corrected chi connectivity index (χ2v) is 4.29. The van der Waals surface area contributed by atoms with Gasteiger partial charge in [-0.1, -0.05) is 0 Å². The van der Waals surface area contributed by atoms with Gasteiger partial charge in [0.05, 0.1) is 0 Å². The molecule has 0 aliphatic heterocycles. The Morgan fingerprint density at radius 3 is 2.71 bits per heavy atom. The maximum atomic E-state index is 13.6. The smallest absolute Gasteiger partial charge is 0.144 e. The fraction of sp³-hybridized carbons (Fsp3) is 0.182. The number of aromatic nitrogens is 1. The molecule has 0 atom stereocenters. The summed E-state index contributed by atoms with van der Waals surface area (Å²) in [6, 6.07) is 3.72. The lowest BCUT2D eigenvalue weighted by atomic mass is 10.1. The Bertz CT molecular complexity index is 462. The Balaban J connectivity index is 2.55. The highest BCUT2D eigenvalue weighted by molar-refractivity contribution is 7.10. The Morgan fingerprint density at radius 1 is 1.36 bits per heavy atom. The van der Waals surface area contributed by atoms with E-state index >= 15 is 0 Å². The maximum absolute atomic E-state index is 13.6. The van der Waals surface area contributed by atoms with E-state index in [9.17, 15) is 4.39 Å². The van der Waals surface area contributed by atoms with Gasteiger partial charge in [0.2, 0.25) is 0 Å². The fourth-order valence-corrected chi connectivity index (χ4v) is 2.10. The highest BCUT2D eigenvalue weighted by atomic mass is 32.1. The van der Waals surface area contributed by atoms with E-state index in [0.29, 0.717) is 5.56 Å². The molecular formula is C11H10FNS. The van der Waals surface area contributed by atoms with Crippen molar-refractivity contribution in [2.45, 2.75) is 13.8 Å². The largest absolute Gasteiger partial charge is 0.262 e. The zero-order valence-electron chi connectivity index (χ0n) is 8.04. The van der Waals surface area contributed by atoms with Crippen molar-refractivity contribution in [2.24, 2.45) is 0 Å². The van der Waals surface area contributed by atoms with Crippen LogP contribution in [-0.2, 0) is 0 Å². The van der Waals surface area contributed by atoms with Gasteiger partial charge in [-0.2, -0.15) is 0 Å². The first kappa shape index (κ1) is 9.34. The van der Waals surface area contributed by atoms with Crippen LogP contribution in [0.15, 0.2) is 23.7 Å². The van der Waals surface area contributed by atoms with Gasteiger partial charge >= 0.3 is 0 Å². The lowest BCUT2D eigenvalue weighted by Gasteiger charge is -1.99. The summed E-state index contributed by atoms with van der Waals surface area (Å²) in [5.74, 6) is -0.111. The Labute approximate surface area is 86.2 Å². The minimum absolute atomic E-state index is 0.111. The Hall–Kier alpha value is -1.22. The second-order valence-electron chi connectivity index (χ2n) is 3.21. The average molecular weight is 207 g/mol. The summed E-state index contributed by atoms with van der Waals surface area (Å²) < 4.78 is 13.6. The minimum Gasteiger partial charge on any atom is -0.262 e. The van der Waals surface area contributed by atoms with Gasteiger partial charge in [-0.15, -0.1) is 11.3 Å². The molecule has 0 saturated carbocycles. The highest BCUT2D eigenvalue weighted by Crippen LogP contribution is 2.29. The predicted molar refractivity (Wildman–Crippen MR) is 57.0 cm³/mol. The molecule has 14 heavy (non-hydrogen) atoms. The molecular weight excluding hydrogens is 197 g/mol. The van der Waals surface area contributed by atoms with Crippen molar-refractivity contribution in [3.63, 3.8) is 0 Å². The van der Waals surface area contributed by atoms with E-state index in [0.717, 1.165) is 16.1 Å². The van der Waals surface area contributed by atoms with E-state index in [2.05, 4.69) is 4.98 Å². The van der Waals surface area contributed by atoms with Gasteiger partial charge in [-0.05, 0) is 31.5 Å². The van der Waals surface area contributed by atoms with Crippen molar-refractivity contribution < 1.29 is 4.39 Å². The number of hydrogen-bond donors (Lipinski definition) is 0. The molecule has 0 fully saturated rings. The van der Waals surface area contributed by atoms with Crippen LogP contribution in [0.25, 0.3) is 11.1 Å². The number of nitrogens with zero attached hydrogens (tertiary/aromatic N) is 1. The first-order chi connectivity index (χ1) is 6.68. The lowest BCUT2D eigenvalue weighted by molar-refractivity contribution is 0.629. The van der Waals surface area contributed by atoms with E-state index in [-0.39, 0.29) is 5.82 Å². The van der Waals surface area contributed by atoms with E-state index in [4.69, 9.17) is 0 Å². The number of hydrogen-bond acceptors (Lipinski definition) is 2. The first-order valence-corrected chi connectivity index (χ1v) is 5.23. The minimum atomic E-state index is -0.111. The third kappa shape index (κ3) is 1.55. The molecule has 0 aromatic carbocycles. The SMILES string of the molecule is Cc1cc(-c2csc(C)c2F)ccn1. The zero-order valence-corrected chi connectivity index (χ0v) is 8.86. The number of thiophene rings is 1. The second kappa shape index (κ2) is 3.50. The normalized spacial score (nSPS) is 10.5. The third-order valence-electron chi connectivity index (χ3n) is 2.11. The van der Waals surface area contributed by atoms with Gasteiger partial charge in [0.1, 0.15) is 5.82 Å². The zero-order chi connectivity index (χ0) is 10.1. The first-order valence-electron chi connectivity index (χ1n) is 4.35. The fourth-order valence-electron chi connectivity index (χ4n) is 1.35. The van der Waals surface area contributed by atoms with Crippen LogP contribution in [0.4, 0.5) is 4.39 Å². The van der Waals surface area contributed by atoms with Crippen molar-refractivity contribution >= 4 is 11.3 Å². The number of halogens is 1.